The van der Waals surface area contributed by atoms with Crippen molar-refractivity contribution < 1.29 is 9.23 Å². The summed E-state index contributed by atoms with van der Waals surface area (Å²) in [6.45, 7) is 3.94. The maximum absolute atomic E-state index is 12.9. The molecule has 0 saturated carbocycles. The largest absolute Gasteiger partial charge is 0.389 e. The number of oxime groups is 1. The molecular weight excluding hydrogens is 213 g/mol. The summed E-state index contributed by atoms with van der Waals surface area (Å²) >= 11 is 1.40. The molecule has 1 radical (unpaired) electrons. The highest BCUT2D eigenvalue weighted by Crippen LogP contribution is 2.31. The quantitative estimate of drug-likeness (QED) is 0.730. The Hall–Kier alpha value is -1.03. The van der Waals surface area contributed by atoms with E-state index in [1.54, 1.807) is 6.07 Å². The van der Waals surface area contributed by atoms with Crippen LogP contribution in [-0.4, -0.2) is 10.6 Å². The second-order valence-electron chi connectivity index (χ2n) is 3.99. The molecule has 2 rings (SSSR count). The lowest BCUT2D eigenvalue weighted by molar-refractivity contribution is 0.0123. The minimum Gasteiger partial charge on any atom is -0.389 e. The summed E-state index contributed by atoms with van der Waals surface area (Å²) in [6, 6.07) is 7.34. The van der Waals surface area contributed by atoms with Crippen molar-refractivity contribution in [3.63, 3.8) is 0 Å². The molecule has 0 N–H and O–H groups in total. The first kappa shape index (κ1) is 10.5. The molecule has 0 atom stereocenters. The SMILES string of the molecule is CC1(C)CC(Sc2[c]ccc(F)c2)=NO1. The van der Waals surface area contributed by atoms with E-state index < -0.39 is 0 Å². The molecule has 1 aliphatic rings. The minimum absolute atomic E-state index is 0.240. The van der Waals surface area contributed by atoms with E-state index in [2.05, 4.69) is 11.2 Å². The first-order chi connectivity index (χ1) is 7.05. The van der Waals surface area contributed by atoms with Gasteiger partial charge < -0.3 is 4.84 Å². The summed E-state index contributed by atoms with van der Waals surface area (Å²) in [5, 5.41) is 4.81. The fourth-order valence-electron chi connectivity index (χ4n) is 1.26. The highest BCUT2D eigenvalue weighted by Gasteiger charge is 2.29. The molecule has 0 unspecified atom stereocenters. The topological polar surface area (TPSA) is 21.6 Å². The van der Waals surface area contributed by atoms with Gasteiger partial charge in [0.15, 0.2) is 0 Å². The van der Waals surface area contributed by atoms with Crippen LogP contribution in [-0.2, 0) is 4.84 Å². The fourth-order valence-corrected chi connectivity index (χ4v) is 2.31. The predicted molar refractivity (Wildman–Crippen MR) is 58.3 cm³/mol. The van der Waals surface area contributed by atoms with Gasteiger partial charge in [-0.1, -0.05) is 23.0 Å². The number of benzene rings is 1. The van der Waals surface area contributed by atoms with Crippen LogP contribution in [0.5, 0.6) is 0 Å². The minimum atomic E-state index is -0.255. The van der Waals surface area contributed by atoms with E-state index in [1.807, 2.05) is 13.8 Å². The van der Waals surface area contributed by atoms with Gasteiger partial charge in [-0.05, 0) is 32.0 Å². The third-order valence-corrected chi connectivity index (χ3v) is 2.85. The van der Waals surface area contributed by atoms with Gasteiger partial charge in [0.1, 0.15) is 16.5 Å². The fraction of sp³-hybridized carbons (Fsp3) is 0.364. The van der Waals surface area contributed by atoms with Gasteiger partial charge >= 0.3 is 0 Å². The molecule has 15 heavy (non-hydrogen) atoms. The van der Waals surface area contributed by atoms with Crippen LogP contribution in [0.2, 0.25) is 0 Å². The molecule has 79 valence electrons. The lowest BCUT2D eigenvalue weighted by atomic mass is 10.1. The van der Waals surface area contributed by atoms with Crippen LogP contribution in [0.3, 0.4) is 0 Å². The zero-order valence-electron chi connectivity index (χ0n) is 8.58. The van der Waals surface area contributed by atoms with Crippen LogP contribution in [0.1, 0.15) is 20.3 Å². The average Bonchev–Trinajstić information content (AvgIpc) is 2.45. The highest BCUT2D eigenvalue weighted by atomic mass is 32.2. The molecule has 0 saturated heterocycles. The van der Waals surface area contributed by atoms with Gasteiger partial charge in [-0.15, -0.1) is 0 Å². The molecule has 0 aliphatic carbocycles. The molecular formula is C11H11FNOS. The number of hydrogen-bond donors (Lipinski definition) is 0. The Labute approximate surface area is 92.5 Å². The van der Waals surface area contributed by atoms with Gasteiger partial charge in [0, 0.05) is 11.3 Å². The normalized spacial score (nSPS) is 18.5. The number of hydrogen-bond acceptors (Lipinski definition) is 3. The molecule has 4 heteroatoms. The smallest absolute Gasteiger partial charge is 0.138 e. The first-order valence-corrected chi connectivity index (χ1v) is 5.47. The first-order valence-electron chi connectivity index (χ1n) is 4.65. The van der Waals surface area contributed by atoms with Crippen molar-refractivity contribution in [1.29, 1.82) is 0 Å². The van der Waals surface area contributed by atoms with E-state index in [-0.39, 0.29) is 11.4 Å². The zero-order chi connectivity index (χ0) is 10.9. The van der Waals surface area contributed by atoms with E-state index >= 15 is 0 Å². The lowest BCUT2D eigenvalue weighted by Crippen LogP contribution is -2.18. The Morgan fingerprint density at radius 1 is 1.60 bits per heavy atom. The van der Waals surface area contributed by atoms with E-state index in [4.69, 9.17) is 4.84 Å². The summed E-state index contributed by atoms with van der Waals surface area (Å²) in [7, 11) is 0. The van der Waals surface area contributed by atoms with Crippen molar-refractivity contribution in [1.82, 2.24) is 0 Å². The van der Waals surface area contributed by atoms with Crippen molar-refractivity contribution in [3.05, 3.63) is 30.1 Å². The van der Waals surface area contributed by atoms with Crippen LogP contribution in [0.25, 0.3) is 0 Å². The Bertz CT molecular complexity index is 403. The third-order valence-electron chi connectivity index (χ3n) is 1.94. The summed E-state index contributed by atoms with van der Waals surface area (Å²) in [4.78, 5) is 5.95. The van der Waals surface area contributed by atoms with Gasteiger partial charge in [-0.25, -0.2) is 4.39 Å². The molecule has 1 aromatic carbocycles. The van der Waals surface area contributed by atoms with Gasteiger partial charge in [-0.3, -0.25) is 0 Å². The standard InChI is InChI=1S/C11H11FNOS/c1-11(2)7-10(13-14-11)15-9-5-3-4-8(12)6-9/h3-4,6H,7H2,1-2H3. The molecule has 1 aromatic rings. The van der Waals surface area contributed by atoms with Gasteiger partial charge in [0.25, 0.3) is 0 Å². The molecule has 0 fully saturated rings. The summed E-state index contributed by atoms with van der Waals surface area (Å²) in [6.07, 6.45) is 0.752. The van der Waals surface area contributed by atoms with E-state index in [1.165, 1.54) is 23.9 Å². The maximum atomic E-state index is 12.9. The van der Waals surface area contributed by atoms with Crippen LogP contribution in [0, 0.1) is 11.9 Å². The Kier molecular flexibility index (Phi) is 2.69. The van der Waals surface area contributed by atoms with Crippen molar-refractivity contribution in [3.8, 4) is 0 Å². The average molecular weight is 224 g/mol. The van der Waals surface area contributed by atoms with Crippen LogP contribution in [0.15, 0.2) is 28.3 Å². The van der Waals surface area contributed by atoms with Gasteiger partial charge in [0.05, 0.1) is 0 Å². The molecule has 1 heterocycles. The van der Waals surface area contributed by atoms with Crippen LogP contribution in [0.4, 0.5) is 4.39 Å². The molecule has 1 aliphatic heterocycles. The van der Waals surface area contributed by atoms with Crippen LogP contribution < -0.4 is 0 Å². The Balaban J connectivity index is 2.05. The second-order valence-corrected chi connectivity index (χ2v) is 5.10. The van der Waals surface area contributed by atoms with E-state index in [0.717, 1.165) is 16.4 Å². The van der Waals surface area contributed by atoms with E-state index in [9.17, 15) is 4.39 Å². The number of nitrogens with zero attached hydrogens (tertiary/aromatic N) is 1. The zero-order valence-corrected chi connectivity index (χ0v) is 9.40. The van der Waals surface area contributed by atoms with Gasteiger partial charge in [-0.2, -0.15) is 0 Å². The Morgan fingerprint density at radius 3 is 3.00 bits per heavy atom. The van der Waals surface area contributed by atoms with Crippen molar-refractivity contribution >= 4 is 16.8 Å². The molecule has 0 spiro atoms. The highest BCUT2D eigenvalue weighted by molar-refractivity contribution is 8.14. The second kappa shape index (κ2) is 3.85. The number of rotatable bonds is 1. The summed E-state index contributed by atoms with van der Waals surface area (Å²) < 4.78 is 12.9. The van der Waals surface area contributed by atoms with Crippen molar-refractivity contribution in [2.45, 2.75) is 30.8 Å². The van der Waals surface area contributed by atoms with Crippen molar-refractivity contribution in [2.75, 3.05) is 0 Å². The van der Waals surface area contributed by atoms with Crippen molar-refractivity contribution in [2.24, 2.45) is 5.16 Å². The molecule has 0 bridgehead atoms. The molecule has 0 aromatic heterocycles. The monoisotopic (exact) mass is 224 g/mol. The number of halogens is 1. The third kappa shape index (κ3) is 2.72. The molecule has 2 nitrogen and oxygen atoms in total. The lowest BCUT2D eigenvalue weighted by Gasteiger charge is -2.12. The predicted octanol–water partition coefficient (Wildman–Crippen LogP) is 3.23. The Morgan fingerprint density at radius 2 is 2.40 bits per heavy atom. The summed E-state index contributed by atoms with van der Waals surface area (Å²) in [5.74, 6) is -0.255. The van der Waals surface area contributed by atoms with Crippen LogP contribution >= 0.6 is 11.8 Å². The van der Waals surface area contributed by atoms with E-state index in [0.29, 0.717) is 0 Å². The molecule has 0 amide bonds. The summed E-state index contributed by atoms with van der Waals surface area (Å²) in [5.41, 5.74) is -0.240. The van der Waals surface area contributed by atoms with Gasteiger partial charge in [0.2, 0.25) is 0 Å². The maximum Gasteiger partial charge on any atom is 0.138 e. The number of thioether (sulfide) groups is 1.